The molecule has 9 heteroatoms. The van der Waals surface area contributed by atoms with Crippen LogP contribution in [-0.4, -0.2) is 27.6 Å². The minimum Gasteiger partial charge on any atom is -0.324 e. The lowest BCUT2D eigenvalue weighted by molar-refractivity contribution is -0.120. The first-order valence-electron chi connectivity index (χ1n) is 7.50. The Morgan fingerprint density at radius 2 is 2.04 bits per heavy atom. The topological polar surface area (TPSA) is 84.3 Å². The van der Waals surface area contributed by atoms with Gasteiger partial charge in [0.2, 0.25) is 11.8 Å². The third-order valence-corrected chi connectivity index (χ3v) is 4.60. The highest BCUT2D eigenvalue weighted by Crippen LogP contribution is 2.31. The van der Waals surface area contributed by atoms with Gasteiger partial charge in [0.25, 0.3) is 5.56 Å². The van der Waals surface area contributed by atoms with E-state index >= 15 is 0 Å². The van der Waals surface area contributed by atoms with Gasteiger partial charge in [0.1, 0.15) is 11.6 Å². The molecule has 2 heterocycles. The molecule has 1 aromatic heterocycles. The highest BCUT2D eigenvalue weighted by molar-refractivity contribution is 6.41. The molecule has 130 valence electrons. The molecule has 1 atom stereocenters. The molecule has 0 bridgehead atoms. The van der Waals surface area contributed by atoms with E-state index in [0.29, 0.717) is 11.4 Å². The maximum absolute atomic E-state index is 12.9. The zero-order valence-electron chi connectivity index (χ0n) is 13.2. The number of anilines is 2. The molecule has 0 aliphatic carbocycles. The second-order valence-corrected chi connectivity index (χ2v) is 6.44. The molecule has 0 spiro atoms. The lowest BCUT2D eigenvalue weighted by atomic mass is 10.1. The highest BCUT2D eigenvalue weighted by atomic mass is 35.5. The summed E-state index contributed by atoms with van der Waals surface area (Å²) in [6.07, 6.45) is 1.35. The summed E-state index contributed by atoms with van der Waals surface area (Å²) < 4.78 is 0.950. The standard InChI is InChI=1S/C16H14Cl2N4O3/c1-9-6-13(23)20-11-4-2-3-5-12(11)22(9)14(24)8-21-16(25)15(18)10(17)7-19-21/h2-5,7,9H,6,8H2,1H3,(H,20,23)/t9-/m1/s1. The van der Waals surface area contributed by atoms with E-state index in [1.165, 1.54) is 11.1 Å². The van der Waals surface area contributed by atoms with E-state index in [-0.39, 0.29) is 40.9 Å². The van der Waals surface area contributed by atoms with Crippen LogP contribution >= 0.6 is 23.2 Å². The molecular formula is C16H14Cl2N4O3. The molecule has 0 radical (unpaired) electrons. The lowest BCUT2D eigenvalue weighted by Gasteiger charge is -2.27. The average Bonchev–Trinajstić information content (AvgIpc) is 2.69. The second kappa shape index (κ2) is 6.85. The number of nitrogens with zero attached hydrogens (tertiary/aromatic N) is 3. The van der Waals surface area contributed by atoms with Crippen LogP contribution < -0.4 is 15.8 Å². The van der Waals surface area contributed by atoms with Crippen molar-refractivity contribution in [3.8, 4) is 0 Å². The molecule has 25 heavy (non-hydrogen) atoms. The summed E-state index contributed by atoms with van der Waals surface area (Å²) >= 11 is 11.6. The van der Waals surface area contributed by atoms with Crippen molar-refractivity contribution in [3.63, 3.8) is 0 Å². The average molecular weight is 381 g/mol. The molecule has 3 rings (SSSR count). The molecule has 7 nitrogen and oxygen atoms in total. The minimum atomic E-state index is -0.646. The fraction of sp³-hybridized carbons (Fsp3) is 0.250. The van der Waals surface area contributed by atoms with E-state index in [2.05, 4.69) is 10.4 Å². The lowest BCUT2D eigenvalue weighted by Crippen LogP contribution is -2.42. The van der Waals surface area contributed by atoms with E-state index in [1.54, 1.807) is 31.2 Å². The van der Waals surface area contributed by atoms with Gasteiger partial charge in [-0.15, -0.1) is 0 Å². The summed E-state index contributed by atoms with van der Waals surface area (Å²) in [5.41, 5.74) is 0.464. The number of benzene rings is 1. The van der Waals surface area contributed by atoms with Gasteiger partial charge < -0.3 is 10.2 Å². The molecule has 0 unspecified atom stereocenters. The maximum Gasteiger partial charge on any atom is 0.287 e. The van der Waals surface area contributed by atoms with E-state index < -0.39 is 5.56 Å². The second-order valence-electron chi connectivity index (χ2n) is 5.65. The third-order valence-electron chi connectivity index (χ3n) is 3.86. The Labute approximate surface area is 153 Å². The van der Waals surface area contributed by atoms with Crippen LogP contribution in [-0.2, 0) is 16.1 Å². The van der Waals surface area contributed by atoms with Crippen molar-refractivity contribution in [2.24, 2.45) is 0 Å². The summed E-state index contributed by atoms with van der Waals surface area (Å²) in [6, 6.07) is 6.61. The van der Waals surface area contributed by atoms with Gasteiger partial charge in [-0.2, -0.15) is 5.10 Å². The monoisotopic (exact) mass is 380 g/mol. The Balaban J connectivity index is 1.97. The first kappa shape index (κ1) is 17.4. The van der Waals surface area contributed by atoms with Crippen molar-refractivity contribution >= 4 is 46.4 Å². The van der Waals surface area contributed by atoms with Crippen LogP contribution in [0.2, 0.25) is 10.0 Å². The number of hydrogen-bond donors (Lipinski definition) is 1. The quantitative estimate of drug-likeness (QED) is 0.866. The van der Waals surface area contributed by atoms with Crippen molar-refractivity contribution in [1.29, 1.82) is 0 Å². The van der Waals surface area contributed by atoms with Crippen LogP contribution in [0.1, 0.15) is 13.3 Å². The van der Waals surface area contributed by atoms with Gasteiger partial charge in [0.05, 0.1) is 22.6 Å². The Hall–Kier alpha value is -2.38. The highest BCUT2D eigenvalue weighted by Gasteiger charge is 2.30. The molecule has 1 N–H and O–H groups in total. The van der Waals surface area contributed by atoms with Crippen molar-refractivity contribution in [1.82, 2.24) is 9.78 Å². The van der Waals surface area contributed by atoms with Crippen molar-refractivity contribution in [2.45, 2.75) is 25.9 Å². The first-order chi connectivity index (χ1) is 11.9. The van der Waals surface area contributed by atoms with Gasteiger partial charge in [-0.05, 0) is 19.1 Å². The summed E-state index contributed by atoms with van der Waals surface area (Å²) in [6.45, 7) is 1.45. The van der Waals surface area contributed by atoms with Crippen LogP contribution in [0.3, 0.4) is 0 Å². The Morgan fingerprint density at radius 1 is 1.32 bits per heavy atom. The SMILES string of the molecule is C[C@@H]1CC(=O)Nc2ccccc2N1C(=O)Cn1ncc(Cl)c(Cl)c1=O. The van der Waals surface area contributed by atoms with E-state index in [1.807, 2.05) is 0 Å². The van der Waals surface area contributed by atoms with Gasteiger partial charge in [-0.25, -0.2) is 4.68 Å². The molecule has 0 saturated carbocycles. The minimum absolute atomic E-state index is 0.0265. The van der Waals surface area contributed by atoms with Crippen LogP contribution in [0.5, 0.6) is 0 Å². The Morgan fingerprint density at radius 3 is 2.80 bits per heavy atom. The number of rotatable bonds is 2. The fourth-order valence-electron chi connectivity index (χ4n) is 2.73. The van der Waals surface area contributed by atoms with Gasteiger partial charge in [-0.1, -0.05) is 35.3 Å². The number of carbonyl (C=O) groups excluding carboxylic acids is 2. The predicted molar refractivity (Wildman–Crippen MR) is 95.2 cm³/mol. The molecule has 0 saturated heterocycles. The largest absolute Gasteiger partial charge is 0.324 e. The first-order valence-corrected chi connectivity index (χ1v) is 8.26. The number of para-hydroxylation sites is 2. The van der Waals surface area contributed by atoms with Crippen molar-refractivity contribution in [2.75, 3.05) is 10.2 Å². The normalized spacial score (nSPS) is 16.8. The zero-order chi connectivity index (χ0) is 18.1. The summed E-state index contributed by atoms with van der Waals surface area (Å²) in [4.78, 5) is 38.4. The summed E-state index contributed by atoms with van der Waals surface area (Å²) in [5, 5.41) is 6.46. The Bertz CT molecular complexity index is 912. The molecular weight excluding hydrogens is 367 g/mol. The van der Waals surface area contributed by atoms with Crippen LogP contribution in [0, 0.1) is 0 Å². The number of nitrogens with one attached hydrogen (secondary N) is 1. The number of hydrogen-bond acceptors (Lipinski definition) is 4. The van der Waals surface area contributed by atoms with Crippen LogP contribution in [0.4, 0.5) is 11.4 Å². The number of aromatic nitrogens is 2. The van der Waals surface area contributed by atoms with Crippen molar-refractivity contribution in [3.05, 3.63) is 50.9 Å². The van der Waals surface area contributed by atoms with Gasteiger partial charge in [-0.3, -0.25) is 14.4 Å². The van der Waals surface area contributed by atoms with E-state index in [4.69, 9.17) is 23.2 Å². The smallest absolute Gasteiger partial charge is 0.287 e. The van der Waals surface area contributed by atoms with Gasteiger partial charge in [0, 0.05) is 12.5 Å². The summed E-state index contributed by atoms with van der Waals surface area (Å²) in [7, 11) is 0. The molecule has 1 aromatic carbocycles. The number of carbonyl (C=O) groups is 2. The third kappa shape index (κ3) is 3.38. The van der Waals surface area contributed by atoms with Crippen LogP contribution in [0.25, 0.3) is 0 Å². The fourth-order valence-corrected chi connectivity index (χ4v) is 3.00. The summed E-state index contributed by atoms with van der Waals surface area (Å²) in [5.74, 6) is -0.565. The van der Waals surface area contributed by atoms with Crippen LogP contribution in [0.15, 0.2) is 35.3 Å². The van der Waals surface area contributed by atoms with E-state index in [0.717, 1.165) is 4.68 Å². The predicted octanol–water partition coefficient (Wildman–Crippen LogP) is 2.31. The zero-order valence-corrected chi connectivity index (χ0v) is 14.7. The molecule has 2 aromatic rings. The number of fused-ring (bicyclic) bond motifs is 1. The molecule has 1 aliphatic heterocycles. The number of amides is 2. The maximum atomic E-state index is 12.9. The van der Waals surface area contributed by atoms with Crippen molar-refractivity contribution < 1.29 is 9.59 Å². The number of halogens is 2. The molecule has 0 fully saturated rings. The molecule has 1 aliphatic rings. The molecule has 2 amide bonds. The Kier molecular flexibility index (Phi) is 4.78. The van der Waals surface area contributed by atoms with Gasteiger partial charge >= 0.3 is 0 Å². The van der Waals surface area contributed by atoms with E-state index in [9.17, 15) is 14.4 Å². The van der Waals surface area contributed by atoms with Gasteiger partial charge in [0.15, 0.2) is 0 Å².